The highest BCUT2D eigenvalue weighted by atomic mass is 79.9. The largest absolute Gasteiger partial charge is 0.339 e. The van der Waals surface area contributed by atoms with Gasteiger partial charge in [0.2, 0.25) is 0 Å². The van der Waals surface area contributed by atoms with E-state index in [1.54, 1.807) is 0 Å². The molecule has 5 heteroatoms. The van der Waals surface area contributed by atoms with Crippen LogP contribution < -0.4 is 5.32 Å². The highest BCUT2D eigenvalue weighted by Crippen LogP contribution is 2.32. The number of anilines is 2. The van der Waals surface area contributed by atoms with Crippen LogP contribution in [0.1, 0.15) is 11.4 Å². The third-order valence-corrected chi connectivity index (χ3v) is 4.38. The van der Waals surface area contributed by atoms with Crippen molar-refractivity contribution in [3.63, 3.8) is 0 Å². The first-order valence-electron chi connectivity index (χ1n) is 6.51. The summed E-state index contributed by atoms with van der Waals surface area (Å²) in [5, 5.41) is 6.12. The molecule has 0 saturated heterocycles. The average molecular weight is 363 g/mol. The van der Waals surface area contributed by atoms with Crippen LogP contribution in [0.15, 0.2) is 40.9 Å². The van der Waals surface area contributed by atoms with Gasteiger partial charge in [0.05, 0.1) is 0 Å². The lowest BCUT2D eigenvalue weighted by Gasteiger charge is -2.13. The molecule has 106 valence electrons. The van der Waals surface area contributed by atoms with Gasteiger partial charge >= 0.3 is 0 Å². The van der Waals surface area contributed by atoms with E-state index in [1.807, 2.05) is 38.1 Å². The second kappa shape index (κ2) is 5.62. The molecule has 2 aromatic carbocycles. The van der Waals surface area contributed by atoms with E-state index in [0.717, 1.165) is 32.3 Å². The zero-order valence-corrected chi connectivity index (χ0v) is 14.0. The van der Waals surface area contributed by atoms with Crippen molar-refractivity contribution in [3.8, 4) is 0 Å². The summed E-state index contributed by atoms with van der Waals surface area (Å²) in [5.41, 5.74) is 1.83. The van der Waals surface area contributed by atoms with Crippen LogP contribution in [0.2, 0.25) is 5.15 Å². The van der Waals surface area contributed by atoms with Gasteiger partial charge in [-0.1, -0.05) is 51.8 Å². The quantitative estimate of drug-likeness (QED) is 0.620. The summed E-state index contributed by atoms with van der Waals surface area (Å²) >= 11 is 9.71. The molecule has 0 fully saturated rings. The number of nitrogens with zero attached hydrogens (tertiary/aromatic N) is 2. The first-order chi connectivity index (χ1) is 10.1. The number of hydrogen-bond acceptors (Lipinski definition) is 3. The highest BCUT2D eigenvalue weighted by molar-refractivity contribution is 9.10. The molecule has 1 heterocycles. The molecule has 0 aliphatic carbocycles. The van der Waals surface area contributed by atoms with Gasteiger partial charge in [0, 0.05) is 21.1 Å². The van der Waals surface area contributed by atoms with Crippen LogP contribution in [0.5, 0.6) is 0 Å². The van der Waals surface area contributed by atoms with Crippen molar-refractivity contribution < 1.29 is 0 Å². The normalized spacial score (nSPS) is 10.9. The van der Waals surface area contributed by atoms with Gasteiger partial charge in [0.15, 0.2) is 0 Å². The second-order valence-electron chi connectivity index (χ2n) is 4.80. The Hall–Kier alpha value is -1.65. The van der Waals surface area contributed by atoms with Crippen LogP contribution in [0.3, 0.4) is 0 Å². The number of hydrogen-bond donors (Lipinski definition) is 1. The molecule has 0 radical (unpaired) electrons. The molecule has 0 amide bonds. The van der Waals surface area contributed by atoms with E-state index >= 15 is 0 Å². The van der Waals surface area contributed by atoms with Gasteiger partial charge in [-0.3, -0.25) is 0 Å². The zero-order valence-electron chi connectivity index (χ0n) is 11.6. The highest BCUT2D eigenvalue weighted by Gasteiger charge is 2.10. The molecule has 3 nitrogen and oxygen atoms in total. The molecule has 3 aromatic rings. The van der Waals surface area contributed by atoms with Gasteiger partial charge in [0.25, 0.3) is 0 Å². The summed E-state index contributed by atoms with van der Waals surface area (Å²) in [6.07, 6.45) is 0. The predicted octanol–water partition coefficient (Wildman–Crippen LogP) is 5.41. The lowest BCUT2D eigenvalue weighted by atomic mass is 10.1. The van der Waals surface area contributed by atoms with Gasteiger partial charge in [-0.15, -0.1) is 0 Å². The van der Waals surface area contributed by atoms with E-state index in [-0.39, 0.29) is 0 Å². The van der Waals surface area contributed by atoms with Crippen molar-refractivity contribution in [2.75, 3.05) is 5.32 Å². The van der Waals surface area contributed by atoms with E-state index in [0.29, 0.717) is 11.0 Å². The van der Waals surface area contributed by atoms with Crippen molar-refractivity contribution >= 4 is 49.8 Å². The molecule has 0 aliphatic heterocycles. The van der Waals surface area contributed by atoms with Crippen molar-refractivity contribution in [1.29, 1.82) is 0 Å². The number of nitrogens with one attached hydrogen (secondary N) is 1. The van der Waals surface area contributed by atoms with E-state index in [1.165, 1.54) is 0 Å². The third-order valence-electron chi connectivity index (χ3n) is 3.32. The Morgan fingerprint density at radius 2 is 1.71 bits per heavy atom. The predicted molar refractivity (Wildman–Crippen MR) is 91.4 cm³/mol. The number of rotatable bonds is 2. The van der Waals surface area contributed by atoms with Crippen molar-refractivity contribution in [1.82, 2.24) is 9.97 Å². The lowest BCUT2D eigenvalue weighted by molar-refractivity contribution is 1.04. The molecule has 0 saturated carbocycles. The fraction of sp³-hybridized carbons (Fsp3) is 0.125. The molecule has 0 bridgehead atoms. The van der Waals surface area contributed by atoms with Crippen molar-refractivity contribution in [2.24, 2.45) is 0 Å². The maximum Gasteiger partial charge on any atom is 0.138 e. The van der Waals surface area contributed by atoms with Crippen molar-refractivity contribution in [3.05, 3.63) is 57.4 Å². The minimum absolute atomic E-state index is 0.478. The Balaban J connectivity index is 2.13. The van der Waals surface area contributed by atoms with Crippen LogP contribution in [0.4, 0.5) is 11.5 Å². The number of benzene rings is 2. The topological polar surface area (TPSA) is 37.8 Å². The molecule has 3 rings (SSSR count). The first kappa shape index (κ1) is 14.3. The van der Waals surface area contributed by atoms with E-state index in [2.05, 4.69) is 43.3 Å². The summed E-state index contributed by atoms with van der Waals surface area (Å²) in [5.74, 6) is 1.38. The van der Waals surface area contributed by atoms with Gasteiger partial charge < -0.3 is 5.32 Å². The first-order valence-corrected chi connectivity index (χ1v) is 7.68. The summed E-state index contributed by atoms with van der Waals surface area (Å²) in [7, 11) is 0. The molecule has 1 N–H and O–H groups in total. The Morgan fingerprint density at radius 3 is 2.48 bits per heavy atom. The van der Waals surface area contributed by atoms with E-state index < -0.39 is 0 Å². The Kier molecular flexibility index (Phi) is 3.83. The molecular formula is C16H13BrClN3. The minimum atomic E-state index is 0.478. The maximum absolute atomic E-state index is 6.13. The Bertz CT molecular complexity index is 833. The second-order valence-corrected chi connectivity index (χ2v) is 6.01. The Labute approximate surface area is 136 Å². The molecule has 1 aromatic heterocycles. The summed E-state index contributed by atoms with van der Waals surface area (Å²) in [6.45, 7) is 3.74. The molecule has 0 unspecified atom stereocenters. The smallest absolute Gasteiger partial charge is 0.138 e. The standard InChI is InChI=1S/C16H13BrClN3/c1-9-15(18)19-10(2)20-16(9)21-14-8-7-13(17)11-5-3-4-6-12(11)14/h3-8H,1-2H3,(H,19,20,21). The molecular weight excluding hydrogens is 350 g/mol. The fourth-order valence-corrected chi connectivity index (χ4v) is 2.90. The van der Waals surface area contributed by atoms with E-state index in [4.69, 9.17) is 11.6 Å². The fourth-order valence-electron chi connectivity index (χ4n) is 2.21. The van der Waals surface area contributed by atoms with Gasteiger partial charge in [-0.2, -0.15) is 0 Å². The summed E-state index contributed by atoms with van der Waals surface area (Å²) in [6, 6.07) is 12.2. The van der Waals surface area contributed by atoms with Gasteiger partial charge in [-0.05, 0) is 31.4 Å². The summed E-state index contributed by atoms with van der Waals surface area (Å²) in [4.78, 5) is 8.60. The third kappa shape index (κ3) is 2.74. The number of halogens is 2. The molecule has 0 atom stereocenters. The Morgan fingerprint density at radius 1 is 1.00 bits per heavy atom. The van der Waals surface area contributed by atoms with Crippen molar-refractivity contribution in [2.45, 2.75) is 13.8 Å². The van der Waals surface area contributed by atoms with Gasteiger partial charge in [0.1, 0.15) is 16.8 Å². The molecule has 21 heavy (non-hydrogen) atoms. The van der Waals surface area contributed by atoms with E-state index in [9.17, 15) is 0 Å². The molecule has 0 spiro atoms. The van der Waals surface area contributed by atoms with Crippen LogP contribution in [-0.2, 0) is 0 Å². The SMILES string of the molecule is Cc1nc(Cl)c(C)c(Nc2ccc(Br)c3ccccc23)n1. The number of aryl methyl sites for hydroxylation is 1. The van der Waals surface area contributed by atoms with Crippen LogP contribution in [-0.4, -0.2) is 9.97 Å². The van der Waals surface area contributed by atoms with Gasteiger partial charge in [-0.25, -0.2) is 9.97 Å². The van der Waals surface area contributed by atoms with Crippen LogP contribution in [0.25, 0.3) is 10.8 Å². The minimum Gasteiger partial charge on any atom is -0.339 e. The number of aromatic nitrogens is 2. The lowest BCUT2D eigenvalue weighted by Crippen LogP contribution is -2.01. The number of fused-ring (bicyclic) bond motifs is 1. The summed E-state index contributed by atoms with van der Waals surface area (Å²) < 4.78 is 1.07. The van der Waals surface area contributed by atoms with Crippen LogP contribution in [0, 0.1) is 13.8 Å². The molecule has 0 aliphatic rings. The zero-order chi connectivity index (χ0) is 15.0. The average Bonchev–Trinajstić information content (AvgIpc) is 2.47. The maximum atomic E-state index is 6.13. The van der Waals surface area contributed by atoms with Crippen LogP contribution >= 0.6 is 27.5 Å². The monoisotopic (exact) mass is 361 g/mol.